The third-order valence-electron chi connectivity index (χ3n) is 5.68. The fourth-order valence-corrected chi connectivity index (χ4v) is 4.63. The van der Waals surface area contributed by atoms with Crippen molar-refractivity contribution in [3.8, 4) is 0 Å². The van der Waals surface area contributed by atoms with Gasteiger partial charge in [-0.1, -0.05) is 18.5 Å². The average molecular weight is 352 g/mol. The number of aryl methyl sites for hydroxylation is 2. The van der Waals surface area contributed by atoms with E-state index < -0.39 is 0 Å². The van der Waals surface area contributed by atoms with Crippen molar-refractivity contribution in [3.63, 3.8) is 0 Å². The van der Waals surface area contributed by atoms with Gasteiger partial charge in [0.25, 0.3) is 5.91 Å². The van der Waals surface area contributed by atoms with Crippen molar-refractivity contribution in [1.82, 2.24) is 0 Å². The summed E-state index contributed by atoms with van der Waals surface area (Å²) in [6.07, 6.45) is 5.94. The van der Waals surface area contributed by atoms with Gasteiger partial charge in [-0.05, 0) is 69.7 Å². The topological polar surface area (TPSA) is 29.1 Å². The maximum absolute atomic E-state index is 13.1. The molecule has 24 heavy (non-hydrogen) atoms. The molecule has 1 amide bonds. The Balaban J connectivity index is 2.25. The molecule has 1 unspecified atom stereocenters. The molecule has 1 saturated heterocycles. The van der Waals surface area contributed by atoms with Crippen molar-refractivity contribution in [3.05, 3.63) is 28.3 Å². The van der Waals surface area contributed by atoms with Crippen molar-refractivity contribution in [1.29, 1.82) is 0 Å². The molecule has 0 aromatic heterocycles. The molecular formula is C20H32ClN2O+. The van der Waals surface area contributed by atoms with E-state index in [0.29, 0.717) is 0 Å². The second-order valence-electron chi connectivity index (χ2n) is 7.22. The van der Waals surface area contributed by atoms with E-state index in [1.165, 1.54) is 25.7 Å². The Morgan fingerprint density at radius 1 is 1.12 bits per heavy atom. The van der Waals surface area contributed by atoms with E-state index >= 15 is 0 Å². The van der Waals surface area contributed by atoms with E-state index in [0.717, 1.165) is 52.4 Å². The molecule has 1 aliphatic rings. The van der Waals surface area contributed by atoms with Crippen LogP contribution < -0.4 is 5.32 Å². The number of nitrogens with one attached hydrogen (secondary N) is 1. The lowest BCUT2D eigenvalue weighted by Gasteiger charge is -2.42. The zero-order chi connectivity index (χ0) is 17.7. The van der Waals surface area contributed by atoms with Gasteiger partial charge in [0, 0.05) is 17.1 Å². The minimum Gasteiger partial charge on any atom is -0.320 e. The minimum atomic E-state index is 0.0302. The lowest BCUT2D eigenvalue weighted by Crippen LogP contribution is -2.60. The first-order valence-electron chi connectivity index (χ1n) is 9.37. The van der Waals surface area contributed by atoms with Gasteiger partial charge in [0.05, 0.1) is 19.6 Å². The highest BCUT2D eigenvalue weighted by atomic mass is 35.5. The number of benzene rings is 1. The molecule has 1 atom stereocenters. The normalized spacial score (nSPS) is 18.7. The van der Waals surface area contributed by atoms with E-state index in [1.807, 2.05) is 26.0 Å². The molecule has 1 fully saturated rings. The largest absolute Gasteiger partial charge is 0.320 e. The summed E-state index contributed by atoms with van der Waals surface area (Å²) in [6, 6.07) is 3.87. The molecule has 0 bridgehead atoms. The second-order valence-corrected chi connectivity index (χ2v) is 7.66. The molecule has 0 aliphatic carbocycles. The number of likely N-dealkylation sites (N-methyl/N-ethyl adjacent to an activating group) is 1. The molecule has 134 valence electrons. The molecule has 3 nitrogen and oxygen atoms in total. The number of hydrogen-bond donors (Lipinski definition) is 1. The van der Waals surface area contributed by atoms with Crippen LogP contribution in [0.1, 0.15) is 57.1 Å². The van der Waals surface area contributed by atoms with Crippen LogP contribution in [0.3, 0.4) is 0 Å². The fraction of sp³-hybridized carbons (Fsp3) is 0.650. The molecule has 0 saturated carbocycles. The zero-order valence-electron chi connectivity index (χ0n) is 15.6. The van der Waals surface area contributed by atoms with Gasteiger partial charge in [-0.25, -0.2) is 0 Å². The molecule has 1 N–H and O–H groups in total. The first kappa shape index (κ1) is 19.3. The number of likely N-dealkylation sites (tertiary alicyclic amines) is 1. The molecule has 1 aliphatic heterocycles. The number of amides is 1. The van der Waals surface area contributed by atoms with Crippen LogP contribution >= 0.6 is 11.6 Å². The molecular weight excluding hydrogens is 320 g/mol. The van der Waals surface area contributed by atoms with Gasteiger partial charge in [0.15, 0.2) is 6.04 Å². The number of carbonyl (C=O) groups is 1. The van der Waals surface area contributed by atoms with Crippen LogP contribution in [-0.4, -0.2) is 36.1 Å². The Bertz CT molecular complexity index is 554. The predicted octanol–water partition coefficient (Wildman–Crippen LogP) is 5.08. The third-order valence-corrected chi connectivity index (χ3v) is 5.90. The van der Waals surface area contributed by atoms with Gasteiger partial charge >= 0.3 is 0 Å². The molecule has 2 rings (SSSR count). The minimum absolute atomic E-state index is 0.0302. The van der Waals surface area contributed by atoms with E-state index in [2.05, 4.69) is 19.2 Å². The van der Waals surface area contributed by atoms with Crippen LogP contribution in [0.25, 0.3) is 0 Å². The first-order valence-corrected chi connectivity index (χ1v) is 9.74. The summed E-state index contributed by atoms with van der Waals surface area (Å²) in [5.41, 5.74) is 2.98. The monoisotopic (exact) mass is 351 g/mol. The van der Waals surface area contributed by atoms with Crippen LogP contribution in [0.15, 0.2) is 12.1 Å². The van der Waals surface area contributed by atoms with E-state index in [4.69, 9.17) is 11.6 Å². The van der Waals surface area contributed by atoms with E-state index in [9.17, 15) is 4.79 Å². The van der Waals surface area contributed by atoms with Crippen LogP contribution in [0, 0.1) is 13.8 Å². The van der Waals surface area contributed by atoms with Crippen molar-refractivity contribution in [2.75, 3.05) is 25.0 Å². The molecule has 4 heteroatoms. The van der Waals surface area contributed by atoms with E-state index in [-0.39, 0.29) is 11.9 Å². The van der Waals surface area contributed by atoms with Crippen molar-refractivity contribution in [2.45, 2.75) is 65.8 Å². The summed E-state index contributed by atoms with van der Waals surface area (Å²) in [5, 5.41) is 3.94. The SMILES string of the molecule is CCC(C(=O)Nc1c(C)cc(Cl)cc1C)[N+]1(CC)CCCCCC1. The van der Waals surface area contributed by atoms with Gasteiger partial charge in [-0.15, -0.1) is 0 Å². The summed E-state index contributed by atoms with van der Waals surface area (Å²) >= 11 is 6.12. The second kappa shape index (κ2) is 8.35. The summed E-state index contributed by atoms with van der Waals surface area (Å²) in [7, 11) is 0. The van der Waals surface area contributed by atoms with Crippen molar-refractivity contribution >= 4 is 23.2 Å². The van der Waals surface area contributed by atoms with Crippen LogP contribution in [0.4, 0.5) is 5.69 Å². The Kier molecular flexibility index (Phi) is 6.70. The molecule has 0 spiro atoms. The average Bonchev–Trinajstić information content (AvgIpc) is 2.78. The third kappa shape index (κ3) is 4.12. The molecule has 1 aromatic rings. The first-order chi connectivity index (χ1) is 11.4. The number of quaternary nitrogens is 1. The van der Waals surface area contributed by atoms with Gasteiger partial charge < -0.3 is 9.80 Å². The summed E-state index contributed by atoms with van der Waals surface area (Å²) in [6.45, 7) is 11.7. The summed E-state index contributed by atoms with van der Waals surface area (Å²) in [4.78, 5) is 13.1. The van der Waals surface area contributed by atoms with Gasteiger partial charge in [0.1, 0.15) is 0 Å². The number of rotatable bonds is 5. The van der Waals surface area contributed by atoms with E-state index in [1.54, 1.807) is 0 Å². The summed E-state index contributed by atoms with van der Waals surface area (Å²) < 4.78 is 0.939. The van der Waals surface area contributed by atoms with Crippen LogP contribution in [0.5, 0.6) is 0 Å². The lowest BCUT2D eigenvalue weighted by molar-refractivity contribution is -0.940. The molecule has 1 heterocycles. The molecule has 0 radical (unpaired) electrons. The Morgan fingerprint density at radius 2 is 1.67 bits per heavy atom. The van der Waals surface area contributed by atoms with Crippen LogP contribution in [-0.2, 0) is 4.79 Å². The highest BCUT2D eigenvalue weighted by molar-refractivity contribution is 6.30. The Hall–Kier alpha value is -1.06. The predicted molar refractivity (Wildman–Crippen MR) is 103 cm³/mol. The fourth-order valence-electron chi connectivity index (χ4n) is 4.30. The maximum atomic E-state index is 13.1. The number of hydrogen-bond acceptors (Lipinski definition) is 1. The number of carbonyl (C=O) groups excluding carboxylic acids is 1. The van der Waals surface area contributed by atoms with Crippen molar-refractivity contribution in [2.24, 2.45) is 0 Å². The summed E-state index contributed by atoms with van der Waals surface area (Å²) in [5.74, 6) is 0.162. The maximum Gasteiger partial charge on any atom is 0.282 e. The van der Waals surface area contributed by atoms with Gasteiger partial charge in [0.2, 0.25) is 0 Å². The molecule has 1 aromatic carbocycles. The smallest absolute Gasteiger partial charge is 0.282 e. The number of anilines is 1. The van der Waals surface area contributed by atoms with Crippen molar-refractivity contribution < 1.29 is 9.28 Å². The highest BCUT2D eigenvalue weighted by Gasteiger charge is 2.39. The standard InChI is InChI=1S/C20H31ClN2O/c1-5-18(23(6-2)11-9-7-8-10-12-23)20(24)22-19-15(3)13-17(21)14-16(19)4/h13-14,18H,5-12H2,1-4H3/p+1. The number of halogens is 1. The van der Waals surface area contributed by atoms with Gasteiger partial charge in [-0.2, -0.15) is 0 Å². The quantitative estimate of drug-likeness (QED) is 0.736. The highest BCUT2D eigenvalue weighted by Crippen LogP contribution is 2.28. The Morgan fingerprint density at radius 3 is 2.12 bits per heavy atom. The van der Waals surface area contributed by atoms with Gasteiger partial charge in [-0.3, -0.25) is 4.79 Å². The van der Waals surface area contributed by atoms with Crippen LogP contribution in [0.2, 0.25) is 5.02 Å². The zero-order valence-corrected chi connectivity index (χ0v) is 16.4. The Labute approximate surface area is 152 Å². The number of nitrogens with zero attached hydrogens (tertiary/aromatic N) is 1. The lowest BCUT2D eigenvalue weighted by atomic mass is 10.0.